The summed E-state index contributed by atoms with van der Waals surface area (Å²) in [7, 11) is 1.58. The number of aromatic nitrogens is 4. The summed E-state index contributed by atoms with van der Waals surface area (Å²) < 4.78 is 4.67. The van der Waals surface area contributed by atoms with E-state index in [-0.39, 0.29) is 6.54 Å². The highest BCUT2D eigenvalue weighted by Gasteiger charge is 2.19. The van der Waals surface area contributed by atoms with Crippen molar-refractivity contribution in [1.29, 1.82) is 0 Å². The molecule has 7 nitrogen and oxygen atoms in total. The van der Waals surface area contributed by atoms with E-state index in [9.17, 15) is 14.7 Å². The lowest BCUT2D eigenvalue weighted by Gasteiger charge is -2.11. The first-order chi connectivity index (χ1) is 14.3. The van der Waals surface area contributed by atoms with E-state index in [1.807, 2.05) is 39.8 Å². The minimum absolute atomic E-state index is 0.142. The molecule has 3 rings (SSSR count). The van der Waals surface area contributed by atoms with Gasteiger partial charge in [0.2, 0.25) is 0 Å². The fraction of sp³-hybridized carbons (Fsp3) is 0.476. The van der Waals surface area contributed by atoms with Gasteiger partial charge in [-0.25, -0.2) is 9.78 Å². The van der Waals surface area contributed by atoms with Gasteiger partial charge in [-0.3, -0.25) is 13.9 Å². The van der Waals surface area contributed by atoms with E-state index in [1.165, 1.54) is 4.57 Å². The van der Waals surface area contributed by atoms with E-state index in [1.54, 1.807) is 30.7 Å². The Labute approximate surface area is 190 Å². The van der Waals surface area contributed by atoms with Gasteiger partial charge >= 0.3 is 5.69 Å². The number of benzene rings is 1. The van der Waals surface area contributed by atoms with Crippen LogP contribution in [0.25, 0.3) is 11.2 Å². The summed E-state index contributed by atoms with van der Waals surface area (Å²) in [4.78, 5) is 29.8. The first-order valence-corrected chi connectivity index (χ1v) is 11.2. The third-order valence-corrected chi connectivity index (χ3v) is 5.07. The van der Waals surface area contributed by atoms with Gasteiger partial charge in [-0.1, -0.05) is 51.4 Å². The molecule has 0 amide bonds. The van der Waals surface area contributed by atoms with Crippen LogP contribution in [0.1, 0.15) is 46.6 Å². The molecule has 9 heteroatoms. The molecule has 0 spiro atoms. The SMILES string of the molecule is CC.CC.CC(O)CCn1c(=O)c2c(nc(Br)n2Cc2ccc(Cl)cc2)n(C)c1=O. The highest BCUT2D eigenvalue weighted by atomic mass is 79.9. The standard InChI is InChI=1S/C17H18BrClN4O3.2C2H6/c1-10(24)7-8-22-15(25)13-14(21(2)17(22)26)20-16(18)23(13)9-11-3-5-12(19)6-4-11;2*1-2/h3-6,10,24H,7-9H2,1-2H3;2*1-2H3. The van der Waals surface area contributed by atoms with Gasteiger partial charge in [0.1, 0.15) is 0 Å². The smallest absolute Gasteiger partial charge is 0.332 e. The van der Waals surface area contributed by atoms with Gasteiger partial charge in [-0.15, -0.1) is 0 Å². The van der Waals surface area contributed by atoms with Crippen LogP contribution in [0, 0.1) is 0 Å². The summed E-state index contributed by atoms with van der Waals surface area (Å²) in [6.07, 6.45) is -0.291. The van der Waals surface area contributed by atoms with Gasteiger partial charge in [-0.2, -0.15) is 0 Å². The van der Waals surface area contributed by atoms with Gasteiger partial charge in [0.05, 0.1) is 12.6 Å². The maximum Gasteiger partial charge on any atom is 0.332 e. The minimum Gasteiger partial charge on any atom is -0.393 e. The fourth-order valence-electron chi connectivity index (χ4n) is 2.77. The molecule has 0 fully saturated rings. The van der Waals surface area contributed by atoms with E-state index in [0.29, 0.717) is 33.9 Å². The van der Waals surface area contributed by atoms with E-state index < -0.39 is 17.4 Å². The number of rotatable bonds is 5. The molecular weight excluding hydrogens is 472 g/mol. The summed E-state index contributed by atoms with van der Waals surface area (Å²) in [5.74, 6) is 0. The second-order valence-electron chi connectivity index (χ2n) is 6.20. The zero-order chi connectivity index (χ0) is 23.0. The molecule has 0 radical (unpaired) electrons. The van der Waals surface area contributed by atoms with Crippen LogP contribution < -0.4 is 11.2 Å². The molecule has 0 aliphatic heterocycles. The van der Waals surface area contributed by atoms with Crippen LogP contribution >= 0.6 is 27.5 Å². The van der Waals surface area contributed by atoms with Crippen molar-refractivity contribution >= 4 is 38.7 Å². The van der Waals surface area contributed by atoms with Crippen molar-refractivity contribution in [3.05, 3.63) is 60.4 Å². The molecule has 1 N–H and O–H groups in total. The predicted molar refractivity (Wildman–Crippen MR) is 126 cm³/mol. The maximum atomic E-state index is 13.0. The molecule has 1 atom stereocenters. The lowest BCUT2D eigenvalue weighted by molar-refractivity contribution is 0.177. The summed E-state index contributed by atoms with van der Waals surface area (Å²) in [5, 5.41) is 10.1. The van der Waals surface area contributed by atoms with Crippen molar-refractivity contribution in [2.24, 2.45) is 7.05 Å². The molecule has 30 heavy (non-hydrogen) atoms. The third kappa shape index (κ3) is 5.83. The number of hydrogen-bond donors (Lipinski definition) is 1. The van der Waals surface area contributed by atoms with E-state index in [2.05, 4.69) is 20.9 Å². The summed E-state index contributed by atoms with van der Waals surface area (Å²) in [5.41, 5.74) is 0.717. The molecule has 0 aliphatic carbocycles. The minimum atomic E-state index is -0.604. The number of hydrogen-bond acceptors (Lipinski definition) is 4. The molecule has 0 saturated carbocycles. The second-order valence-corrected chi connectivity index (χ2v) is 7.35. The van der Waals surface area contributed by atoms with Gasteiger partial charge < -0.3 is 9.67 Å². The topological polar surface area (TPSA) is 82.1 Å². The molecule has 1 aromatic carbocycles. The highest BCUT2D eigenvalue weighted by molar-refractivity contribution is 9.10. The van der Waals surface area contributed by atoms with Crippen LogP contribution in [-0.2, 0) is 20.1 Å². The Kier molecular flexibility index (Phi) is 10.5. The Morgan fingerprint density at radius 1 is 1.10 bits per heavy atom. The van der Waals surface area contributed by atoms with Gasteiger partial charge in [0, 0.05) is 18.6 Å². The van der Waals surface area contributed by atoms with Gasteiger partial charge in [-0.05, 0) is 47.0 Å². The molecule has 0 aliphatic rings. The first kappa shape index (κ1) is 26.1. The van der Waals surface area contributed by atoms with Crippen LogP contribution in [0.2, 0.25) is 5.02 Å². The number of aliphatic hydroxyl groups excluding tert-OH is 1. The average molecular weight is 502 g/mol. The molecule has 166 valence electrons. The van der Waals surface area contributed by atoms with Crippen LogP contribution in [-0.4, -0.2) is 29.9 Å². The number of aryl methyl sites for hydroxylation is 1. The van der Waals surface area contributed by atoms with Crippen molar-refractivity contribution < 1.29 is 5.11 Å². The molecule has 1 unspecified atom stereocenters. The van der Waals surface area contributed by atoms with Crippen LogP contribution in [0.5, 0.6) is 0 Å². The van der Waals surface area contributed by atoms with Crippen molar-refractivity contribution in [2.45, 2.75) is 60.2 Å². The van der Waals surface area contributed by atoms with Crippen LogP contribution in [0.4, 0.5) is 0 Å². The third-order valence-electron chi connectivity index (χ3n) is 4.21. The molecule has 2 heterocycles. The molecular formula is C21H30BrClN4O3. The van der Waals surface area contributed by atoms with E-state index in [4.69, 9.17) is 11.6 Å². The van der Waals surface area contributed by atoms with Crippen molar-refractivity contribution in [1.82, 2.24) is 18.7 Å². The maximum absolute atomic E-state index is 13.0. The number of halogens is 2. The van der Waals surface area contributed by atoms with Crippen molar-refractivity contribution in [2.75, 3.05) is 0 Å². The molecule has 0 bridgehead atoms. The van der Waals surface area contributed by atoms with E-state index >= 15 is 0 Å². The number of nitrogens with zero attached hydrogens (tertiary/aromatic N) is 4. The zero-order valence-corrected chi connectivity index (χ0v) is 20.7. The Bertz CT molecular complexity index is 1070. The summed E-state index contributed by atoms with van der Waals surface area (Å²) >= 11 is 9.31. The van der Waals surface area contributed by atoms with Gasteiger partial charge in [0.15, 0.2) is 15.9 Å². The fourth-order valence-corrected chi connectivity index (χ4v) is 3.37. The molecule has 2 aromatic heterocycles. The lowest BCUT2D eigenvalue weighted by Crippen LogP contribution is -2.40. The lowest BCUT2D eigenvalue weighted by atomic mass is 10.2. The molecule has 0 saturated heterocycles. The van der Waals surface area contributed by atoms with E-state index in [0.717, 1.165) is 10.1 Å². The summed E-state index contributed by atoms with van der Waals surface area (Å²) in [6, 6.07) is 7.30. The normalized spacial score (nSPS) is 11.4. The number of fused-ring (bicyclic) bond motifs is 1. The quantitative estimate of drug-likeness (QED) is 0.532. The highest BCUT2D eigenvalue weighted by Crippen LogP contribution is 2.19. The second kappa shape index (κ2) is 12.1. The molecule has 3 aromatic rings. The average Bonchev–Trinajstić information content (AvgIpc) is 3.07. The zero-order valence-electron chi connectivity index (χ0n) is 18.3. The largest absolute Gasteiger partial charge is 0.393 e. The summed E-state index contributed by atoms with van der Waals surface area (Å²) in [6.45, 7) is 10.2. The Morgan fingerprint density at radius 2 is 1.67 bits per heavy atom. The van der Waals surface area contributed by atoms with Crippen LogP contribution in [0.15, 0.2) is 38.6 Å². The Balaban J connectivity index is 0.00000106. The first-order valence-electron chi connectivity index (χ1n) is 10.1. The van der Waals surface area contributed by atoms with Crippen molar-refractivity contribution in [3.63, 3.8) is 0 Å². The number of aliphatic hydroxyl groups is 1. The van der Waals surface area contributed by atoms with Gasteiger partial charge in [0.25, 0.3) is 5.56 Å². The van der Waals surface area contributed by atoms with Crippen molar-refractivity contribution in [3.8, 4) is 0 Å². The Morgan fingerprint density at radius 3 is 2.20 bits per heavy atom. The van der Waals surface area contributed by atoms with Crippen LogP contribution in [0.3, 0.4) is 0 Å². The predicted octanol–water partition coefficient (Wildman–Crippen LogP) is 4.18. The monoisotopic (exact) mass is 500 g/mol. The number of imidazole rings is 1. The Hall–Kier alpha value is -1.90.